The zero-order valence-corrected chi connectivity index (χ0v) is 82.5. The van der Waals surface area contributed by atoms with Crippen molar-refractivity contribution in [3.8, 4) is 112 Å². The minimum absolute atomic E-state index is 0.0215. The molecule has 0 unspecified atom stereocenters. The molecule has 20 aromatic carbocycles. The van der Waals surface area contributed by atoms with Crippen LogP contribution in [0.1, 0.15) is 103 Å². The molecule has 0 amide bonds. The number of rotatable bonds is 14. The monoisotopic (exact) mass is 1890 g/mol. The summed E-state index contributed by atoms with van der Waals surface area (Å²) >= 11 is 3.79. The molecule has 3 aliphatic rings. The molecule has 8 heteroatoms. The summed E-state index contributed by atoms with van der Waals surface area (Å²) < 4.78 is 18.4. The first-order valence-corrected chi connectivity index (χ1v) is 50.9. The molecule has 0 N–H and O–H groups in total. The predicted molar refractivity (Wildman–Crippen MR) is 604 cm³/mol. The number of fused-ring (bicyclic) bond motifs is 18. The highest BCUT2D eigenvalue weighted by Crippen LogP contribution is 2.57. The number of para-hydroxylation sites is 1. The molecule has 2 aliphatic carbocycles. The molecule has 5 heterocycles. The van der Waals surface area contributed by atoms with Crippen LogP contribution in [0.5, 0.6) is 0 Å². The summed E-state index contributed by atoms with van der Waals surface area (Å²) in [7, 11) is -0.330. The molecule has 0 spiro atoms. The largest absolute Gasteiger partial charge is 0.494 e. The minimum Gasteiger partial charge on any atom is -0.399 e. The van der Waals surface area contributed by atoms with Crippen LogP contribution in [0.3, 0.4) is 0 Å². The fourth-order valence-electron chi connectivity index (χ4n) is 23.7. The highest BCUT2D eigenvalue weighted by molar-refractivity contribution is 9.10. The van der Waals surface area contributed by atoms with Gasteiger partial charge in [-0.1, -0.05) is 359 Å². The van der Waals surface area contributed by atoms with E-state index in [9.17, 15) is 0 Å². The van der Waals surface area contributed by atoms with Gasteiger partial charge in [-0.15, -0.1) is 0 Å². The van der Waals surface area contributed by atoms with E-state index in [4.69, 9.17) is 14.3 Å². The van der Waals surface area contributed by atoms with Crippen LogP contribution in [-0.2, 0) is 20.1 Å². The lowest BCUT2D eigenvalue weighted by Gasteiger charge is -2.32. The van der Waals surface area contributed by atoms with Gasteiger partial charge in [0.05, 0.1) is 50.0 Å². The van der Waals surface area contributed by atoms with Crippen molar-refractivity contribution in [1.82, 2.24) is 19.1 Å². The molecule has 142 heavy (non-hydrogen) atoms. The van der Waals surface area contributed by atoms with Gasteiger partial charge in [0.1, 0.15) is 0 Å². The van der Waals surface area contributed by atoms with Crippen molar-refractivity contribution >= 4 is 137 Å². The van der Waals surface area contributed by atoms with Crippen LogP contribution in [0.4, 0.5) is 0 Å². The van der Waals surface area contributed by atoms with Crippen molar-refractivity contribution in [1.29, 1.82) is 0 Å². The quantitative estimate of drug-likeness (QED) is 0.102. The van der Waals surface area contributed by atoms with Crippen LogP contribution in [-0.4, -0.2) is 37.4 Å². The fourth-order valence-corrected chi connectivity index (χ4v) is 24.1. The van der Waals surface area contributed by atoms with Gasteiger partial charge in [0, 0.05) is 70.8 Å². The average Bonchev–Trinajstić information content (AvgIpc) is 1.55. The van der Waals surface area contributed by atoms with Crippen LogP contribution >= 0.6 is 15.9 Å². The van der Waals surface area contributed by atoms with E-state index in [1.165, 1.54) is 209 Å². The van der Waals surface area contributed by atoms with E-state index >= 15 is 0 Å². The molecule has 0 radical (unpaired) electrons. The molecular weight excluding hydrogens is 1790 g/mol. The number of hydrogen-bond donors (Lipinski definition) is 0. The molecule has 1 aliphatic heterocycles. The Morgan fingerprint density at radius 2 is 0.585 bits per heavy atom. The van der Waals surface area contributed by atoms with E-state index in [2.05, 4.69) is 492 Å². The summed E-state index contributed by atoms with van der Waals surface area (Å²) in [6.07, 6.45) is 6.01. The van der Waals surface area contributed by atoms with Gasteiger partial charge >= 0.3 is 7.12 Å². The van der Waals surface area contributed by atoms with Gasteiger partial charge in [-0.3, -0.25) is 4.98 Å². The predicted octanol–water partition coefficient (Wildman–Crippen LogP) is 35.9. The smallest absolute Gasteiger partial charge is 0.399 e. The van der Waals surface area contributed by atoms with Gasteiger partial charge < -0.3 is 18.4 Å². The maximum Gasteiger partial charge on any atom is 0.494 e. The second kappa shape index (κ2) is 35.0. The second-order valence-electron chi connectivity index (χ2n) is 39.8. The van der Waals surface area contributed by atoms with Crippen molar-refractivity contribution in [2.24, 2.45) is 0 Å². The lowest BCUT2D eigenvalue weighted by molar-refractivity contribution is 0.00578. The molecule has 4 aromatic heterocycles. The third-order valence-electron chi connectivity index (χ3n) is 32.0. The third kappa shape index (κ3) is 14.6. The molecule has 1 fully saturated rings. The summed E-state index contributed by atoms with van der Waals surface area (Å²) in [5.41, 5.74) is 37.6. The van der Waals surface area contributed by atoms with Gasteiger partial charge in [0.2, 0.25) is 0 Å². The Kier molecular flexibility index (Phi) is 21.6. The molecule has 0 bridgehead atoms. The van der Waals surface area contributed by atoms with Crippen LogP contribution < -0.4 is 5.46 Å². The Labute approximate surface area is 837 Å². The third-order valence-corrected chi connectivity index (χ3v) is 32.5. The lowest BCUT2D eigenvalue weighted by atomic mass is 9.73. The highest BCUT2D eigenvalue weighted by Gasteiger charge is 2.52. The first-order valence-electron chi connectivity index (χ1n) is 50.1. The number of benzene rings is 20. The number of nitrogens with zero attached hydrogens (tertiary/aromatic N) is 4. The SMILES string of the molecule is CC1(C)OB(c2ccc(-c3ccc4ccccc4n3)cc2)OC1(C)C.CCC1(CC)c2cc(-c3ccc(-c4ccc5cccnc5c4)cc3)ccc2-c2ccc(-n3c4ccc(-c5cccc6ccccc56)cc4c4cc(-c5cccc6ccccc56)ccc43)cc21.CCC1(CC)c2cc(Br)ccc2-c2ccc(-n3c4ccc(-c5cccc6ccccc56)cc4c4cc(-c5cccc6ccccc56)ccc43)cc21. The standard InChI is InChI=1S/C64H46N2.C49H36BrN.C21H22BNO2/c1-3-64(4-2)59-38-46(41-21-23-42(24-22-41)47-26-25-45-16-11-35-65-61(45)39-47)27-31-55(59)56-32-30-50(40-60(56)64)66-62-33-28-48(53-19-9-14-43-12-5-7-17-51(43)53)36-57(62)58-37-49(29-34-63(58)66)54-20-10-15-44-13-6-8-18-52(44)54;1-3-49(4-2)45-29-35(50)21-23-41(45)42-24-22-36(30-46(42)49)51-47-25-19-33(39-17-9-13-31-11-5-7-15-37(31)39)27-43(47)44-28-34(20-26-48(44)51)40-18-10-14-32-12-6-8-16-38(32)40;1-20(2)21(3,4)25-22(24-20)17-12-9-16(10-13-17)19-14-11-15-7-5-6-8-18(15)23-19/h5-40H,3-4H2,1-2H3;5-30H,3-4H2,1-2H3;5-14H,1-4H3. The van der Waals surface area contributed by atoms with Crippen molar-refractivity contribution in [2.45, 2.75) is 103 Å². The topological polar surface area (TPSA) is 54.1 Å². The Morgan fingerprint density at radius 1 is 0.254 bits per heavy atom. The van der Waals surface area contributed by atoms with Crippen LogP contribution in [0.2, 0.25) is 0 Å². The number of aromatic nitrogens is 4. The number of hydrogen-bond acceptors (Lipinski definition) is 4. The van der Waals surface area contributed by atoms with E-state index in [-0.39, 0.29) is 29.2 Å². The van der Waals surface area contributed by atoms with Crippen LogP contribution in [0.25, 0.3) is 220 Å². The summed E-state index contributed by atoms with van der Waals surface area (Å²) in [6, 6.07) is 159. The van der Waals surface area contributed by atoms with Crippen molar-refractivity contribution in [3.05, 3.63) is 464 Å². The molecule has 6 nitrogen and oxygen atoms in total. The fraction of sp³-hybridized carbons (Fsp3) is 0.119. The molecule has 682 valence electrons. The van der Waals surface area contributed by atoms with Gasteiger partial charge in [0.15, 0.2) is 0 Å². The maximum absolute atomic E-state index is 6.12. The molecule has 1 saturated heterocycles. The van der Waals surface area contributed by atoms with Gasteiger partial charge in [-0.2, -0.15) is 0 Å². The lowest BCUT2D eigenvalue weighted by Crippen LogP contribution is -2.41. The van der Waals surface area contributed by atoms with Crippen LogP contribution in [0.15, 0.2) is 441 Å². The van der Waals surface area contributed by atoms with E-state index in [0.717, 1.165) is 68.7 Å². The molecule has 0 saturated carbocycles. The van der Waals surface area contributed by atoms with Gasteiger partial charge in [-0.25, -0.2) is 4.98 Å². The number of pyridine rings is 2. The van der Waals surface area contributed by atoms with E-state index in [1.807, 2.05) is 30.5 Å². The normalized spacial score (nSPS) is 14.1. The van der Waals surface area contributed by atoms with E-state index in [1.54, 1.807) is 0 Å². The Balaban J connectivity index is 0.000000123. The maximum atomic E-state index is 6.12. The summed E-state index contributed by atoms with van der Waals surface area (Å²) in [6.45, 7) is 17.7. The van der Waals surface area contributed by atoms with Gasteiger partial charge in [-0.05, 0) is 328 Å². The summed E-state index contributed by atoms with van der Waals surface area (Å²) in [5, 5.41) is 17.5. The van der Waals surface area contributed by atoms with Crippen molar-refractivity contribution < 1.29 is 9.31 Å². The molecular formula is C134H104BBrN4O2. The Morgan fingerprint density at radius 3 is 1.02 bits per heavy atom. The van der Waals surface area contributed by atoms with Crippen LogP contribution in [0, 0.1) is 0 Å². The van der Waals surface area contributed by atoms with E-state index in [0.29, 0.717) is 0 Å². The molecule has 0 atom stereocenters. The average molecular weight is 1890 g/mol. The van der Waals surface area contributed by atoms with Gasteiger partial charge in [0.25, 0.3) is 0 Å². The second-order valence-corrected chi connectivity index (χ2v) is 40.7. The van der Waals surface area contributed by atoms with E-state index < -0.39 is 0 Å². The summed E-state index contributed by atoms with van der Waals surface area (Å²) in [5.74, 6) is 0. The Bertz CT molecular complexity index is 8900. The zero-order valence-electron chi connectivity index (χ0n) is 81.0. The molecule has 24 aromatic rings. The first kappa shape index (κ1) is 87.8. The Hall–Kier alpha value is -15.7. The first-order chi connectivity index (χ1) is 69.5. The number of halogens is 1. The summed E-state index contributed by atoms with van der Waals surface area (Å²) in [4.78, 5) is 9.36. The molecule has 27 rings (SSSR count). The van der Waals surface area contributed by atoms with Crippen molar-refractivity contribution in [2.75, 3.05) is 0 Å². The highest BCUT2D eigenvalue weighted by atomic mass is 79.9. The minimum atomic E-state index is -0.330. The zero-order chi connectivity index (χ0) is 95.9. The van der Waals surface area contributed by atoms with Crippen molar-refractivity contribution in [3.63, 3.8) is 0 Å².